The summed E-state index contributed by atoms with van der Waals surface area (Å²) in [6, 6.07) is 0. The topological polar surface area (TPSA) is 120 Å². The van der Waals surface area contributed by atoms with Crippen molar-refractivity contribution in [3.8, 4) is 0 Å². The van der Waals surface area contributed by atoms with Gasteiger partial charge >= 0.3 is 23.9 Å². The summed E-state index contributed by atoms with van der Waals surface area (Å²) in [7, 11) is 0. The van der Waals surface area contributed by atoms with Gasteiger partial charge in [-0.3, -0.25) is 0 Å². The van der Waals surface area contributed by atoms with Crippen LogP contribution in [-0.4, -0.2) is 45.8 Å². The van der Waals surface area contributed by atoms with Gasteiger partial charge in [0.05, 0.1) is 0 Å². The summed E-state index contributed by atoms with van der Waals surface area (Å²) in [5, 5.41) is 0. The smallest absolute Gasteiger partial charge is 0.870 e. The summed E-state index contributed by atoms with van der Waals surface area (Å²) in [6.45, 7) is 0. The fourth-order valence-corrected chi connectivity index (χ4v) is 0. The van der Waals surface area contributed by atoms with Gasteiger partial charge in [0.2, 0.25) is 0 Å². The van der Waals surface area contributed by atoms with Crippen molar-refractivity contribution in [1.82, 2.24) is 0 Å². The Morgan fingerprint density at radius 1 is 0.400 bits per heavy atom. The van der Waals surface area contributed by atoms with Crippen LogP contribution >= 0.6 is 0 Å². The van der Waals surface area contributed by atoms with Crippen molar-refractivity contribution in [3.63, 3.8) is 0 Å². The third-order valence-corrected chi connectivity index (χ3v) is 0. The molecule has 0 aromatic heterocycles. The van der Waals surface area contributed by atoms with Gasteiger partial charge in [-0.25, -0.2) is 0 Å². The first kappa shape index (κ1) is 297. The average Bonchev–Trinajstić information content (AvgIpc) is 0. The van der Waals surface area contributed by atoms with Crippen LogP contribution in [0.2, 0.25) is 0 Å². The molecule has 0 saturated carbocycles. The van der Waals surface area contributed by atoms with E-state index in [1.54, 1.807) is 0 Å². The first-order chi connectivity index (χ1) is 0. The van der Waals surface area contributed by atoms with E-state index >= 15 is 0 Å². The zero-order valence-electron chi connectivity index (χ0n) is 2.29. The minimum absolute atomic E-state index is 0. The summed E-state index contributed by atoms with van der Waals surface area (Å²) >= 11 is 0. The first-order valence-electron chi connectivity index (χ1n) is 0. The molecule has 0 radical (unpaired) electrons. The molecule has 0 fully saturated rings. The quantitative estimate of drug-likeness (QED) is 0.447. The second-order valence-corrected chi connectivity index (χ2v) is 0. The van der Waals surface area contributed by atoms with Crippen LogP contribution in [0.5, 0.6) is 0 Å². The van der Waals surface area contributed by atoms with Crippen LogP contribution in [0.3, 0.4) is 0 Å². The van der Waals surface area contributed by atoms with Gasteiger partial charge in [-0.2, -0.15) is 0 Å². The molecule has 0 atom stereocenters. The second kappa shape index (κ2) is 151. The molecule has 0 heterocycles. The van der Waals surface area contributed by atoms with Crippen LogP contribution in [-0.2, 0) is 0 Å². The predicted molar refractivity (Wildman–Crippen MR) is 13.5 cm³/mol. The molecule has 0 saturated heterocycles. The molecule has 5 heteroatoms. The molecule has 0 amide bonds. The number of hydrogen-bond acceptors (Lipinski definition) is 4. The van der Waals surface area contributed by atoms with Crippen LogP contribution in [0.4, 0.5) is 0 Å². The summed E-state index contributed by atoms with van der Waals surface area (Å²) in [5.74, 6) is 0. The molecule has 0 rings (SSSR count). The van der Waals surface area contributed by atoms with E-state index in [1.165, 1.54) is 0 Å². The van der Waals surface area contributed by atoms with Gasteiger partial charge in [-0.1, -0.05) is 0 Å². The Morgan fingerprint density at radius 2 is 0.400 bits per heavy atom. The molecule has 0 bridgehead atoms. The maximum atomic E-state index is 0. The molecular weight excluding hydrogens is 183 g/mol. The van der Waals surface area contributed by atoms with Crippen LogP contribution in [0.1, 0.15) is 0 Å². The van der Waals surface area contributed by atoms with E-state index < -0.39 is 0 Å². The van der Waals surface area contributed by atoms with Crippen molar-refractivity contribution in [1.29, 1.82) is 0 Å². The number of hydrogen-bond donors (Lipinski definition) is 0. The number of rotatable bonds is 0. The standard InChI is InChI=1S/4H2O.Sn/h4*1H2;/q;;;;+4/p-4. The summed E-state index contributed by atoms with van der Waals surface area (Å²) < 4.78 is 0. The Bertz CT molecular complexity index is 3.61. The monoisotopic (exact) mass is 188 g/mol. The fourth-order valence-electron chi connectivity index (χ4n) is 0. The van der Waals surface area contributed by atoms with Crippen molar-refractivity contribution in [3.05, 3.63) is 0 Å². The molecule has 4 nitrogen and oxygen atoms in total. The molecule has 5 heavy (non-hydrogen) atoms. The predicted octanol–water partition coefficient (Wildman–Crippen LogP) is -1.09. The van der Waals surface area contributed by atoms with E-state index in [4.69, 9.17) is 0 Å². The molecule has 0 aromatic rings. The molecule has 0 unspecified atom stereocenters. The third-order valence-electron chi connectivity index (χ3n) is 0. The molecule has 0 aliphatic heterocycles. The van der Waals surface area contributed by atoms with Gasteiger partial charge in [-0.05, 0) is 0 Å². The van der Waals surface area contributed by atoms with Crippen molar-refractivity contribution < 1.29 is 21.9 Å². The summed E-state index contributed by atoms with van der Waals surface area (Å²) in [6.07, 6.45) is 0. The van der Waals surface area contributed by atoms with E-state index in [9.17, 15) is 0 Å². The van der Waals surface area contributed by atoms with Gasteiger partial charge in [0, 0.05) is 0 Å². The Kier molecular flexibility index (Phi) is 8960. The van der Waals surface area contributed by atoms with E-state index in [1.807, 2.05) is 0 Å². The van der Waals surface area contributed by atoms with Gasteiger partial charge in [-0.15, -0.1) is 0 Å². The van der Waals surface area contributed by atoms with E-state index in [0.717, 1.165) is 0 Å². The maximum Gasteiger partial charge on any atom is 4.00 e. The Hall–Kier alpha value is 0.639. The minimum atomic E-state index is 0. The Labute approximate surface area is 46.4 Å². The van der Waals surface area contributed by atoms with Crippen LogP contribution in [0, 0.1) is 0 Å². The maximum absolute atomic E-state index is 0. The first-order valence-corrected chi connectivity index (χ1v) is 0. The molecular formula is H4O4Sn. The van der Waals surface area contributed by atoms with Crippen molar-refractivity contribution in [2.75, 3.05) is 0 Å². The molecule has 32 valence electrons. The zero-order valence-corrected chi connectivity index (χ0v) is 5.14. The zero-order chi connectivity index (χ0) is 0. The van der Waals surface area contributed by atoms with E-state index in [-0.39, 0.29) is 45.8 Å². The molecule has 0 aromatic carbocycles. The van der Waals surface area contributed by atoms with Crippen molar-refractivity contribution in [2.45, 2.75) is 0 Å². The van der Waals surface area contributed by atoms with Crippen molar-refractivity contribution in [2.24, 2.45) is 0 Å². The average molecular weight is 187 g/mol. The third kappa shape index (κ3) is 79.2. The summed E-state index contributed by atoms with van der Waals surface area (Å²) in [4.78, 5) is 0. The molecule has 0 aliphatic carbocycles. The van der Waals surface area contributed by atoms with Gasteiger partial charge in [0.1, 0.15) is 0 Å². The van der Waals surface area contributed by atoms with Gasteiger partial charge in [0.25, 0.3) is 0 Å². The van der Waals surface area contributed by atoms with E-state index in [0.29, 0.717) is 0 Å². The Morgan fingerprint density at radius 3 is 0.400 bits per heavy atom. The van der Waals surface area contributed by atoms with Gasteiger partial charge < -0.3 is 21.9 Å². The normalized spacial score (nSPS) is 0. The van der Waals surface area contributed by atoms with E-state index in [2.05, 4.69) is 0 Å². The minimum Gasteiger partial charge on any atom is -0.870 e. The van der Waals surface area contributed by atoms with Crippen LogP contribution < -0.4 is 0 Å². The molecule has 0 aliphatic rings. The molecule has 0 spiro atoms. The van der Waals surface area contributed by atoms with Gasteiger partial charge in [0.15, 0.2) is 0 Å². The summed E-state index contributed by atoms with van der Waals surface area (Å²) in [5.41, 5.74) is 0. The van der Waals surface area contributed by atoms with Crippen LogP contribution in [0.15, 0.2) is 0 Å². The van der Waals surface area contributed by atoms with Crippen LogP contribution in [0.25, 0.3) is 0 Å². The van der Waals surface area contributed by atoms with Crippen molar-refractivity contribution >= 4 is 23.9 Å². The second-order valence-electron chi connectivity index (χ2n) is 0. The SMILES string of the molecule is [OH-].[OH-].[OH-].[OH-].[Sn+4]. The largest absolute Gasteiger partial charge is 4.00 e. The fraction of sp³-hybridized carbons (Fsp3) is 0. The Balaban J connectivity index is 0. The molecule has 4 N–H and O–H groups in total.